The van der Waals surface area contributed by atoms with E-state index in [2.05, 4.69) is 0 Å². The van der Waals surface area contributed by atoms with Crippen molar-refractivity contribution >= 4 is 23.9 Å². The van der Waals surface area contributed by atoms with Gasteiger partial charge in [-0.25, -0.2) is 9.59 Å². The summed E-state index contributed by atoms with van der Waals surface area (Å²) >= 11 is 0. The van der Waals surface area contributed by atoms with E-state index in [0.717, 1.165) is 0 Å². The number of hydrogen-bond acceptors (Lipinski definition) is 15. The van der Waals surface area contributed by atoms with Gasteiger partial charge in [0.15, 0.2) is 11.6 Å². The van der Waals surface area contributed by atoms with E-state index in [-0.39, 0.29) is 51.4 Å². The van der Waals surface area contributed by atoms with Crippen LogP contribution in [0, 0.1) is 16.2 Å². The average Bonchev–Trinajstić information content (AvgIpc) is 3.08. The maximum atomic E-state index is 13.3. The summed E-state index contributed by atoms with van der Waals surface area (Å²) in [5, 5.41) is 46.7. The molecule has 0 unspecified atom stereocenters. The van der Waals surface area contributed by atoms with E-state index in [4.69, 9.17) is 33.2 Å². The molecule has 0 aromatic carbocycles. The first kappa shape index (κ1) is 46.5. The SMILES string of the molecule is COC(=O)/C=C1/C[C@H]2C[C@]3(O)O[C@H](C[C@@H](O)CC(=O)O[C@@H]([C@@H](C)O)C[C@@H]4C/C(=C/C(=O)OC)C[C@@](O)(O4)C(C)(C)/C=C\[C@@H](C1)O2)C[C@H](OC(=O)C(C)(C)C)C3(C)C. The van der Waals surface area contributed by atoms with Crippen LogP contribution >= 0.6 is 0 Å². The number of rotatable bonds is 4. The lowest BCUT2D eigenvalue weighted by Gasteiger charge is -2.54. The zero-order valence-electron chi connectivity index (χ0n) is 35.1. The lowest BCUT2D eigenvalue weighted by Crippen LogP contribution is -2.62. The highest BCUT2D eigenvalue weighted by molar-refractivity contribution is 5.83. The Labute approximate surface area is 335 Å². The molecule has 0 saturated carbocycles. The van der Waals surface area contributed by atoms with E-state index in [1.54, 1.807) is 60.6 Å². The molecule has 3 fully saturated rings. The zero-order valence-corrected chi connectivity index (χ0v) is 35.1. The predicted molar refractivity (Wildman–Crippen MR) is 204 cm³/mol. The first-order chi connectivity index (χ1) is 26.3. The summed E-state index contributed by atoms with van der Waals surface area (Å²) in [5.41, 5.74) is -2.05. The Bertz CT molecular complexity index is 1570. The van der Waals surface area contributed by atoms with Crippen LogP contribution in [0.4, 0.5) is 0 Å². The first-order valence-corrected chi connectivity index (χ1v) is 19.8. The highest BCUT2D eigenvalue weighted by Gasteiger charge is 2.58. The molecule has 0 aromatic rings. The molecule has 0 aliphatic carbocycles. The third-order valence-corrected chi connectivity index (χ3v) is 11.7. The predicted octanol–water partition coefficient (Wildman–Crippen LogP) is 3.87. The minimum absolute atomic E-state index is 0.0656. The van der Waals surface area contributed by atoms with Crippen LogP contribution < -0.4 is 0 Å². The summed E-state index contributed by atoms with van der Waals surface area (Å²) in [6.45, 7) is 13.5. The molecule has 10 atom stereocenters. The van der Waals surface area contributed by atoms with Crippen molar-refractivity contribution in [3.8, 4) is 0 Å². The second-order valence-electron chi connectivity index (χ2n) is 18.3. The molecule has 3 saturated heterocycles. The summed E-state index contributed by atoms with van der Waals surface area (Å²) in [6, 6.07) is 0. The van der Waals surface area contributed by atoms with E-state index in [1.807, 2.05) is 0 Å². The number of carbonyl (C=O) groups is 4. The van der Waals surface area contributed by atoms with Crippen LogP contribution in [0.1, 0.15) is 113 Å². The average molecular weight is 809 g/mol. The number of aliphatic hydroxyl groups excluding tert-OH is 2. The van der Waals surface area contributed by atoms with E-state index in [9.17, 15) is 39.6 Å². The van der Waals surface area contributed by atoms with Crippen molar-refractivity contribution in [1.82, 2.24) is 0 Å². The van der Waals surface area contributed by atoms with Gasteiger partial charge in [0, 0.05) is 49.7 Å². The molecule has 15 nitrogen and oxygen atoms in total. The van der Waals surface area contributed by atoms with Gasteiger partial charge in [-0.05, 0) is 47.0 Å². The van der Waals surface area contributed by atoms with Crippen LogP contribution in [0.2, 0.25) is 0 Å². The van der Waals surface area contributed by atoms with Crippen molar-refractivity contribution in [3.05, 3.63) is 35.5 Å². The Kier molecular flexibility index (Phi) is 14.7. The van der Waals surface area contributed by atoms with Gasteiger partial charge in [0.1, 0.15) is 12.2 Å². The fourth-order valence-electron chi connectivity index (χ4n) is 7.84. The minimum atomic E-state index is -2.01. The Morgan fingerprint density at radius 2 is 1.46 bits per heavy atom. The van der Waals surface area contributed by atoms with Gasteiger partial charge in [-0.1, -0.05) is 51.0 Å². The molecule has 0 aromatic heterocycles. The molecule has 0 spiro atoms. The smallest absolute Gasteiger partial charge is 0.330 e. The number of aliphatic hydroxyl groups is 4. The molecular weight excluding hydrogens is 744 g/mol. The van der Waals surface area contributed by atoms with Crippen molar-refractivity contribution in [2.45, 2.75) is 174 Å². The quantitative estimate of drug-likeness (QED) is 0.137. The maximum Gasteiger partial charge on any atom is 0.330 e. The number of methoxy groups -OCH3 is 2. The van der Waals surface area contributed by atoms with E-state index in [1.165, 1.54) is 33.3 Å². The van der Waals surface area contributed by atoms with Crippen molar-refractivity contribution in [2.24, 2.45) is 16.2 Å². The van der Waals surface area contributed by atoms with Crippen LogP contribution in [0.15, 0.2) is 35.5 Å². The standard InChI is InChI=1S/C42H64O15/c1-24(43)32-20-29-15-26(17-35(46)52-10)22-41(49,56-29)39(5,6)12-11-28-13-25(16-34(45)51-9)14-31(53-28)23-42(50)40(7,8)33(55-37(48)38(2,3)4)21-30(57-42)18-27(44)19-36(47)54-32/h11-12,16-17,24,27-33,43-44,49-50H,13-15,18-23H2,1-10H3/b12-11-,25-16+,26-17-/t24-,27-,28+,29+,30-,31+,32-,33+,41-,42+/m1/s1. The Morgan fingerprint density at radius 3 is 2.05 bits per heavy atom. The molecule has 4 N–H and O–H groups in total. The molecule has 0 amide bonds. The number of carbonyl (C=O) groups excluding carboxylic acids is 4. The number of fused-ring (bicyclic) bond motifs is 6. The van der Waals surface area contributed by atoms with Gasteiger partial charge in [0.05, 0.1) is 68.1 Å². The topological polar surface area (TPSA) is 214 Å². The molecular formula is C42H64O15. The lowest BCUT2D eigenvalue weighted by molar-refractivity contribution is -0.349. The molecule has 0 radical (unpaired) electrons. The fourth-order valence-corrected chi connectivity index (χ4v) is 7.84. The van der Waals surface area contributed by atoms with Gasteiger partial charge in [0.25, 0.3) is 0 Å². The van der Waals surface area contributed by atoms with Crippen molar-refractivity contribution < 1.29 is 72.8 Å². The van der Waals surface area contributed by atoms with Crippen molar-refractivity contribution in [3.63, 3.8) is 0 Å². The molecule has 4 rings (SSSR count). The van der Waals surface area contributed by atoms with Crippen LogP contribution in [0.5, 0.6) is 0 Å². The monoisotopic (exact) mass is 808 g/mol. The number of hydrogen-bond donors (Lipinski definition) is 4. The third kappa shape index (κ3) is 11.5. The van der Waals surface area contributed by atoms with Crippen LogP contribution in [0.25, 0.3) is 0 Å². The van der Waals surface area contributed by atoms with Gasteiger partial charge in [-0.2, -0.15) is 0 Å². The van der Waals surface area contributed by atoms with Crippen LogP contribution in [-0.4, -0.2) is 119 Å². The summed E-state index contributed by atoms with van der Waals surface area (Å²) in [5.74, 6) is -6.44. The first-order valence-electron chi connectivity index (χ1n) is 19.8. The molecule has 4 aliphatic rings. The van der Waals surface area contributed by atoms with E-state index < -0.39 is 107 Å². The molecule has 4 aliphatic heterocycles. The minimum Gasteiger partial charge on any atom is -0.466 e. The number of cyclic esters (lactones) is 1. The molecule has 4 heterocycles. The number of ether oxygens (including phenoxy) is 7. The van der Waals surface area contributed by atoms with Gasteiger partial charge in [-0.15, -0.1) is 0 Å². The van der Waals surface area contributed by atoms with Crippen LogP contribution in [0.3, 0.4) is 0 Å². The number of esters is 4. The highest BCUT2D eigenvalue weighted by Crippen LogP contribution is 2.50. The van der Waals surface area contributed by atoms with E-state index >= 15 is 0 Å². The van der Waals surface area contributed by atoms with Crippen molar-refractivity contribution in [2.75, 3.05) is 14.2 Å². The largest absolute Gasteiger partial charge is 0.466 e. The fraction of sp³-hybridized carbons (Fsp3) is 0.762. The second-order valence-corrected chi connectivity index (χ2v) is 18.3. The second kappa shape index (κ2) is 18.0. The van der Waals surface area contributed by atoms with Crippen LogP contribution in [-0.2, 0) is 52.3 Å². The van der Waals surface area contributed by atoms with Gasteiger partial charge in [-0.3, -0.25) is 9.59 Å². The highest BCUT2D eigenvalue weighted by atomic mass is 16.6. The van der Waals surface area contributed by atoms with Crippen molar-refractivity contribution in [1.29, 1.82) is 0 Å². The summed E-state index contributed by atoms with van der Waals surface area (Å²) in [6.07, 6.45) is -1.65. The third-order valence-electron chi connectivity index (χ3n) is 11.7. The Hall–Kier alpha value is -3.18. The molecule has 15 heteroatoms. The summed E-state index contributed by atoms with van der Waals surface area (Å²) in [7, 11) is 2.51. The molecule has 322 valence electrons. The summed E-state index contributed by atoms with van der Waals surface area (Å²) in [4.78, 5) is 51.4. The Morgan fingerprint density at radius 1 is 0.860 bits per heavy atom. The lowest BCUT2D eigenvalue weighted by atomic mass is 9.70. The zero-order chi connectivity index (χ0) is 42.7. The van der Waals surface area contributed by atoms with E-state index in [0.29, 0.717) is 11.1 Å². The van der Waals surface area contributed by atoms with Gasteiger partial charge >= 0.3 is 23.9 Å². The van der Waals surface area contributed by atoms with Gasteiger partial charge < -0.3 is 53.6 Å². The normalized spacial score (nSPS) is 37.6. The molecule has 6 bridgehead atoms. The maximum absolute atomic E-state index is 13.3. The summed E-state index contributed by atoms with van der Waals surface area (Å²) < 4.78 is 40.9. The molecule has 57 heavy (non-hydrogen) atoms. The Balaban J connectivity index is 1.82. The van der Waals surface area contributed by atoms with Gasteiger partial charge in [0.2, 0.25) is 0 Å².